The van der Waals surface area contributed by atoms with Gasteiger partial charge in [-0.2, -0.15) is 10.4 Å². The summed E-state index contributed by atoms with van der Waals surface area (Å²) >= 11 is 0. The van der Waals surface area contributed by atoms with Crippen LogP contribution >= 0.6 is 0 Å². The van der Waals surface area contributed by atoms with Crippen LogP contribution in [0.15, 0.2) is 18.3 Å². The molecule has 0 aliphatic carbocycles. The molecule has 1 heterocycles. The lowest BCUT2D eigenvalue weighted by Crippen LogP contribution is -2.42. The van der Waals surface area contributed by atoms with Gasteiger partial charge in [-0.25, -0.2) is 0 Å². The first-order chi connectivity index (χ1) is 6.55. The number of hydrogen-bond donors (Lipinski definition) is 1. The quantitative estimate of drug-likeness (QED) is 0.736. The molecular formula is C9H10N4O. The zero-order valence-corrected chi connectivity index (χ0v) is 7.98. The molecule has 0 saturated heterocycles. The number of nitrogens with zero attached hydrogens (tertiary/aromatic N) is 3. The van der Waals surface area contributed by atoms with Gasteiger partial charge in [0.1, 0.15) is 5.54 Å². The van der Waals surface area contributed by atoms with Gasteiger partial charge in [0, 0.05) is 6.20 Å². The molecular weight excluding hydrogens is 180 g/mol. The van der Waals surface area contributed by atoms with E-state index >= 15 is 0 Å². The normalized spacial score (nSPS) is 10.4. The van der Waals surface area contributed by atoms with Crippen LogP contribution in [0.25, 0.3) is 0 Å². The van der Waals surface area contributed by atoms with E-state index in [9.17, 15) is 4.79 Å². The largest absolute Gasteiger partial charge is 0.333 e. The lowest BCUT2D eigenvalue weighted by Gasteiger charge is -2.16. The number of aromatic nitrogens is 2. The summed E-state index contributed by atoms with van der Waals surface area (Å²) in [6, 6.07) is 5.11. The van der Waals surface area contributed by atoms with Crippen LogP contribution in [0.3, 0.4) is 0 Å². The lowest BCUT2D eigenvalue weighted by atomic mass is 10.1. The second kappa shape index (κ2) is 3.83. The van der Waals surface area contributed by atoms with Gasteiger partial charge in [-0.05, 0) is 26.0 Å². The molecule has 0 saturated carbocycles. The van der Waals surface area contributed by atoms with Gasteiger partial charge in [0.05, 0.1) is 6.07 Å². The Labute approximate surface area is 81.8 Å². The molecule has 0 spiro atoms. The molecule has 1 aromatic rings. The predicted octanol–water partition coefficient (Wildman–Crippen LogP) is 0.509. The maximum atomic E-state index is 11.5. The van der Waals surface area contributed by atoms with Crippen molar-refractivity contribution in [3.05, 3.63) is 24.0 Å². The molecule has 0 aliphatic rings. The Hall–Kier alpha value is -1.96. The smallest absolute Gasteiger partial charge is 0.273 e. The summed E-state index contributed by atoms with van der Waals surface area (Å²) in [5.74, 6) is -0.398. The monoisotopic (exact) mass is 190 g/mol. The van der Waals surface area contributed by atoms with Gasteiger partial charge in [0.15, 0.2) is 5.69 Å². The van der Waals surface area contributed by atoms with Gasteiger partial charge in [-0.1, -0.05) is 0 Å². The van der Waals surface area contributed by atoms with E-state index in [1.165, 1.54) is 12.3 Å². The number of rotatable bonds is 2. The van der Waals surface area contributed by atoms with Crippen LogP contribution in [-0.2, 0) is 0 Å². The summed E-state index contributed by atoms with van der Waals surface area (Å²) in [6.45, 7) is 3.22. The average molecular weight is 190 g/mol. The Morgan fingerprint density at radius 3 is 2.86 bits per heavy atom. The van der Waals surface area contributed by atoms with Crippen molar-refractivity contribution in [2.75, 3.05) is 0 Å². The Balaban J connectivity index is 2.75. The molecule has 14 heavy (non-hydrogen) atoms. The van der Waals surface area contributed by atoms with Gasteiger partial charge in [-0.3, -0.25) is 4.79 Å². The summed E-state index contributed by atoms with van der Waals surface area (Å²) in [5.41, 5.74) is -0.690. The molecule has 0 bridgehead atoms. The fourth-order valence-corrected chi connectivity index (χ4v) is 0.798. The van der Waals surface area contributed by atoms with E-state index in [0.29, 0.717) is 0 Å². The Kier molecular flexibility index (Phi) is 2.77. The summed E-state index contributed by atoms with van der Waals surface area (Å²) in [7, 11) is 0. The van der Waals surface area contributed by atoms with Crippen LogP contribution in [0.1, 0.15) is 24.3 Å². The number of amides is 1. The third kappa shape index (κ3) is 2.52. The van der Waals surface area contributed by atoms with E-state index in [-0.39, 0.29) is 5.69 Å². The van der Waals surface area contributed by atoms with E-state index in [2.05, 4.69) is 15.5 Å². The number of nitriles is 1. The van der Waals surface area contributed by atoms with Crippen LogP contribution < -0.4 is 5.32 Å². The minimum atomic E-state index is -0.894. The van der Waals surface area contributed by atoms with Crippen LogP contribution in [0, 0.1) is 11.3 Å². The minimum absolute atomic E-state index is 0.204. The van der Waals surface area contributed by atoms with Crippen LogP contribution in [0.5, 0.6) is 0 Å². The third-order valence-corrected chi connectivity index (χ3v) is 1.51. The molecule has 0 fully saturated rings. The number of carbonyl (C=O) groups excluding carboxylic acids is 1. The van der Waals surface area contributed by atoms with Crippen molar-refractivity contribution in [2.45, 2.75) is 19.4 Å². The van der Waals surface area contributed by atoms with E-state index in [1.807, 2.05) is 6.07 Å². The molecule has 1 aromatic heterocycles. The maximum absolute atomic E-state index is 11.5. The van der Waals surface area contributed by atoms with E-state index in [4.69, 9.17) is 5.26 Å². The fourth-order valence-electron chi connectivity index (χ4n) is 0.798. The number of hydrogen-bond acceptors (Lipinski definition) is 4. The van der Waals surface area contributed by atoms with Gasteiger partial charge < -0.3 is 5.32 Å². The SMILES string of the molecule is CC(C)(C#N)NC(=O)c1cccnn1. The molecule has 1 amide bonds. The molecule has 0 unspecified atom stereocenters. The van der Waals surface area contributed by atoms with E-state index in [1.54, 1.807) is 19.9 Å². The molecule has 5 heteroatoms. The molecule has 0 aliphatic heterocycles. The highest BCUT2D eigenvalue weighted by Crippen LogP contribution is 2.01. The highest BCUT2D eigenvalue weighted by Gasteiger charge is 2.20. The molecule has 1 N–H and O–H groups in total. The van der Waals surface area contributed by atoms with Crippen molar-refractivity contribution in [1.82, 2.24) is 15.5 Å². The van der Waals surface area contributed by atoms with Gasteiger partial charge in [0.2, 0.25) is 0 Å². The molecule has 0 radical (unpaired) electrons. The van der Waals surface area contributed by atoms with Crippen LogP contribution in [0.2, 0.25) is 0 Å². The molecule has 72 valence electrons. The number of carbonyl (C=O) groups is 1. The molecule has 0 atom stereocenters. The second-order valence-corrected chi connectivity index (χ2v) is 3.30. The highest BCUT2D eigenvalue weighted by molar-refractivity contribution is 5.92. The van der Waals surface area contributed by atoms with Gasteiger partial charge in [0.25, 0.3) is 5.91 Å². The van der Waals surface area contributed by atoms with Crippen LogP contribution in [-0.4, -0.2) is 21.6 Å². The van der Waals surface area contributed by atoms with Gasteiger partial charge >= 0.3 is 0 Å². The molecule has 0 aromatic carbocycles. The van der Waals surface area contributed by atoms with E-state index in [0.717, 1.165) is 0 Å². The van der Waals surface area contributed by atoms with Crippen LogP contribution in [0.4, 0.5) is 0 Å². The minimum Gasteiger partial charge on any atom is -0.333 e. The third-order valence-electron chi connectivity index (χ3n) is 1.51. The van der Waals surface area contributed by atoms with Crippen molar-refractivity contribution < 1.29 is 4.79 Å². The topological polar surface area (TPSA) is 78.7 Å². The summed E-state index contributed by atoms with van der Waals surface area (Å²) in [4.78, 5) is 11.5. The number of nitrogens with one attached hydrogen (secondary N) is 1. The van der Waals surface area contributed by atoms with Crippen molar-refractivity contribution in [3.63, 3.8) is 0 Å². The summed E-state index contributed by atoms with van der Waals surface area (Å²) in [6.07, 6.45) is 1.48. The van der Waals surface area contributed by atoms with Crippen molar-refractivity contribution in [2.24, 2.45) is 0 Å². The Bertz CT molecular complexity index is 366. The first-order valence-corrected chi connectivity index (χ1v) is 4.06. The van der Waals surface area contributed by atoms with Crippen molar-refractivity contribution >= 4 is 5.91 Å². The lowest BCUT2D eigenvalue weighted by molar-refractivity contribution is 0.0923. The first-order valence-electron chi connectivity index (χ1n) is 4.06. The molecule has 5 nitrogen and oxygen atoms in total. The van der Waals surface area contributed by atoms with E-state index < -0.39 is 11.4 Å². The fraction of sp³-hybridized carbons (Fsp3) is 0.333. The maximum Gasteiger partial charge on any atom is 0.273 e. The zero-order chi connectivity index (χ0) is 10.6. The first kappa shape index (κ1) is 10.1. The summed E-state index contributed by atoms with van der Waals surface area (Å²) in [5, 5.41) is 18.4. The molecule has 1 rings (SSSR count). The predicted molar refractivity (Wildman–Crippen MR) is 49.2 cm³/mol. The Morgan fingerprint density at radius 2 is 2.36 bits per heavy atom. The average Bonchev–Trinajstić information content (AvgIpc) is 2.19. The van der Waals surface area contributed by atoms with Crippen molar-refractivity contribution in [1.29, 1.82) is 5.26 Å². The standard InChI is InChI=1S/C9H10N4O/c1-9(2,6-10)12-8(14)7-4-3-5-11-13-7/h3-5H,1-2H3,(H,12,14). The Morgan fingerprint density at radius 1 is 1.64 bits per heavy atom. The summed E-state index contributed by atoms with van der Waals surface area (Å²) < 4.78 is 0. The zero-order valence-electron chi connectivity index (χ0n) is 7.98. The van der Waals surface area contributed by atoms with Crippen molar-refractivity contribution in [3.8, 4) is 6.07 Å². The second-order valence-electron chi connectivity index (χ2n) is 3.30. The van der Waals surface area contributed by atoms with Gasteiger partial charge in [-0.15, -0.1) is 5.10 Å². The highest BCUT2D eigenvalue weighted by atomic mass is 16.2.